The summed E-state index contributed by atoms with van der Waals surface area (Å²) in [5, 5.41) is 0. The molecule has 0 fully saturated rings. The quantitative estimate of drug-likeness (QED) is 0.517. The lowest BCUT2D eigenvalue weighted by atomic mass is 10.3. The molecule has 0 bridgehead atoms. The first-order valence-electron chi connectivity index (χ1n) is 2.89. The van der Waals surface area contributed by atoms with Crippen LogP contribution in [-0.4, -0.2) is 0 Å². The maximum Gasteiger partial charge on any atom is 0.133 e. The second-order valence-corrected chi connectivity index (χ2v) is 1.96. The van der Waals surface area contributed by atoms with Gasteiger partial charge in [0.15, 0.2) is 0 Å². The fraction of sp³-hybridized carbons (Fsp3) is 0. The molecule has 0 aromatic heterocycles. The molecule has 2 aliphatic rings. The minimum atomic E-state index is 0.956. The summed E-state index contributed by atoms with van der Waals surface area (Å²) in [6, 6.07) is 9.88. The predicted octanol–water partition coefficient (Wildman–Crippen LogP) is 2.38. The summed E-state index contributed by atoms with van der Waals surface area (Å²) in [6.45, 7) is 0. The second kappa shape index (κ2) is 1.62. The summed E-state index contributed by atoms with van der Waals surface area (Å²) in [5.74, 6) is 0.956. The Balaban J connectivity index is 2.79. The Kier molecular flexibility index (Phi) is 0.833. The van der Waals surface area contributed by atoms with Crippen molar-refractivity contribution in [2.24, 2.45) is 0 Å². The molecule has 1 heterocycles. The molecule has 9 heavy (non-hydrogen) atoms. The molecule has 0 radical (unpaired) electrons. The minimum Gasteiger partial charge on any atom is -0.464 e. The van der Waals surface area contributed by atoms with Crippen LogP contribution in [0.1, 0.15) is 0 Å². The van der Waals surface area contributed by atoms with E-state index in [2.05, 4.69) is 0 Å². The zero-order valence-corrected chi connectivity index (χ0v) is 4.87. The van der Waals surface area contributed by atoms with Crippen molar-refractivity contribution in [3.05, 3.63) is 36.6 Å². The minimum absolute atomic E-state index is 0.956. The highest BCUT2D eigenvalue weighted by atomic mass is 16.3. The maximum absolute atomic E-state index is 5.15. The van der Waals surface area contributed by atoms with Gasteiger partial charge in [0.1, 0.15) is 5.76 Å². The third kappa shape index (κ3) is 0.617. The summed E-state index contributed by atoms with van der Waals surface area (Å²) in [4.78, 5) is 0. The molecule has 1 aliphatic heterocycles. The molecule has 44 valence electrons. The molecule has 0 N–H and O–H groups in total. The molecule has 0 aromatic carbocycles. The van der Waals surface area contributed by atoms with Gasteiger partial charge in [-0.25, -0.2) is 0 Å². The largest absolute Gasteiger partial charge is 0.464 e. The zero-order chi connectivity index (χ0) is 6.10. The molecular formula is C8H6O. The lowest BCUT2D eigenvalue weighted by molar-refractivity contribution is 0.567. The molecule has 0 saturated heterocycles. The highest BCUT2D eigenvalue weighted by molar-refractivity contribution is 5.59. The Morgan fingerprint density at radius 2 is 1.89 bits per heavy atom. The van der Waals surface area contributed by atoms with Crippen LogP contribution in [0.25, 0.3) is 11.3 Å². The van der Waals surface area contributed by atoms with E-state index in [0.717, 1.165) is 11.3 Å². The molecule has 0 aromatic rings. The molecule has 0 unspecified atom stereocenters. The van der Waals surface area contributed by atoms with Crippen molar-refractivity contribution in [1.82, 2.24) is 0 Å². The molecule has 0 atom stereocenters. The van der Waals surface area contributed by atoms with E-state index >= 15 is 0 Å². The monoisotopic (exact) mass is 118 g/mol. The average molecular weight is 118 g/mol. The van der Waals surface area contributed by atoms with Gasteiger partial charge in [-0.05, 0) is 18.2 Å². The SMILES string of the molecule is c1coc2cccc-2c1. The summed E-state index contributed by atoms with van der Waals surface area (Å²) in [7, 11) is 0. The Hall–Kier alpha value is -1.24. The van der Waals surface area contributed by atoms with Crippen molar-refractivity contribution in [2.45, 2.75) is 0 Å². The standard InChI is InChI=1S/C8H6O/c1-3-7-4-2-6-9-8(7)5-1/h1-6H. The molecular weight excluding hydrogens is 112 g/mol. The number of fused-ring (bicyclic) bond motifs is 1. The number of rotatable bonds is 0. The van der Waals surface area contributed by atoms with Gasteiger partial charge in [0.25, 0.3) is 0 Å². The van der Waals surface area contributed by atoms with Gasteiger partial charge in [-0.15, -0.1) is 0 Å². The van der Waals surface area contributed by atoms with E-state index in [1.807, 2.05) is 30.3 Å². The number of hydrogen-bond acceptors (Lipinski definition) is 1. The van der Waals surface area contributed by atoms with E-state index in [0.29, 0.717) is 0 Å². The van der Waals surface area contributed by atoms with Crippen LogP contribution in [0.2, 0.25) is 0 Å². The summed E-state index contributed by atoms with van der Waals surface area (Å²) < 4.78 is 5.15. The summed E-state index contributed by atoms with van der Waals surface area (Å²) in [5.41, 5.74) is 1.16. The third-order valence-electron chi connectivity index (χ3n) is 1.36. The summed E-state index contributed by atoms with van der Waals surface area (Å²) >= 11 is 0. The van der Waals surface area contributed by atoms with Crippen molar-refractivity contribution in [1.29, 1.82) is 0 Å². The fourth-order valence-corrected chi connectivity index (χ4v) is 0.918. The van der Waals surface area contributed by atoms with Crippen LogP contribution >= 0.6 is 0 Å². The predicted molar refractivity (Wildman–Crippen MR) is 35.3 cm³/mol. The smallest absolute Gasteiger partial charge is 0.133 e. The molecule has 0 amide bonds. The van der Waals surface area contributed by atoms with Crippen LogP contribution in [0.15, 0.2) is 41.0 Å². The lowest BCUT2D eigenvalue weighted by Gasteiger charge is -1.92. The Labute approximate surface area is 53.3 Å². The van der Waals surface area contributed by atoms with Gasteiger partial charge in [-0.1, -0.05) is 12.1 Å². The molecule has 1 nitrogen and oxygen atoms in total. The topological polar surface area (TPSA) is 13.1 Å². The maximum atomic E-state index is 5.15. The van der Waals surface area contributed by atoms with Crippen molar-refractivity contribution in [3.8, 4) is 11.3 Å². The second-order valence-electron chi connectivity index (χ2n) is 1.96. The van der Waals surface area contributed by atoms with E-state index in [9.17, 15) is 0 Å². The molecule has 0 spiro atoms. The van der Waals surface area contributed by atoms with Crippen LogP contribution in [-0.2, 0) is 0 Å². The van der Waals surface area contributed by atoms with E-state index in [-0.39, 0.29) is 0 Å². The van der Waals surface area contributed by atoms with Crippen LogP contribution in [0, 0.1) is 0 Å². The van der Waals surface area contributed by atoms with Gasteiger partial charge in [-0.2, -0.15) is 0 Å². The number of hydrogen-bond donors (Lipinski definition) is 0. The highest BCUT2D eigenvalue weighted by Crippen LogP contribution is 2.20. The third-order valence-corrected chi connectivity index (χ3v) is 1.36. The van der Waals surface area contributed by atoms with E-state index in [1.165, 1.54) is 0 Å². The van der Waals surface area contributed by atoms with Gasteiger partial charge in [0, 0.05) is 5.56 Å². The van der Waals surface area contributed by atoms with Gasteiger partial charge in [0.2, 0.25) is 0 Å². The Morgan fingerprint density at radius 1 is 1.00 bits per heavy atom. The van der Waals surface area contributed by atoms with Crippen molar-refractivity contribution in [3.63, 3.8) is 0 Å². The molecule has 2 rings (SSSR count). The van der Waals surface area contributed by atoms with Crippen molar-refractivity contribution < 1.29 is 4.42 Å². The molecule has 0 saturated carbocycles. The van der Waals surface area contributed by atoms with Crippen molar-refractivity contribution in [2.75, 3.05) is 0 Å². The van der Waals surface area contributed by atoms with Gasteiger partial charge in [0.05, 0.1) is 6.26 Å². The first-order chi connectivity index (χ1) is 4.47. The van der Waals surface area contributed by atoms with Crippen LogP contribution in [0.3, 0.4) is 0 Å². The molecule has 1 heteroatoms. The zero-order valence-electron chi connectivity index (χ0n) is 4.87. The molecule has 1 aliphatic carbocycles. The van der Waals surface area contributed by atoms with Crippen LogP contribution < -0.4 is 0 Å². The lowest BCUT2D eigenvalue weighted by Crippen LogP contribution is -1.67. The first kappa shape index (κ1) is 4.62. The van der Waals surface area contributed by atoms with Crippen LogP contribution in [0.4, 0.5) is 0 Å². The van der Waals surface area contributed by atoms with Crippen molar-refractivity contribution >= 4 is 0 Å². The fourth-order valence-electron chi connectivity index (χ4n) is 0.918. The normalized spacial score (nSPS) is 10.2. The van der Waals surface area contributed by atoms with Crippen LogP contribution in [0.5, 0.6) is 0 Å². The van der Waals surface area contributed by atoms with E-state index in [1.54, 1.807) is 6.26 Å². The van der Waals surface area contributed by atoms with Gasteiger partial charge >= 0.3 is 0 Å². The Morgan fingerprint density at radius 3 is 2.78 bits per heavy atom. The Bertz CT molecular complexity index is 245. The average Bonchev–Trinajstić information content (AvgIpc) is 2.33. The van der Waals surface area contributed by atoms with Gasteiger partial charge in [-0.3, -0.25) is 0 Å². The van der Waals surface area contributed by atoms with E-state index in [4.69, 9.17) is 4.42 Å². The van der Waals surface area contributed by atoms with Gasteiger partial charge < -0.3 is 4.42 Å². The highest BCUT2D eigenvalue weighted by Gasteiger charge is 1.98. The summed E-state index contributed by atoms with van der Waals surface area (Å²) in [6.07, 6.45) is 1.68. The van der Waals surface area contributed by atoms with E-state index < -0.39 is 0 Å². The first-order valence-corrected chi connectivity index (χ1v) is 2.89.